The van der Waals surface area contributed by atoms with Crippen molar-refractivity contribution < 1.29 is 4.79 Å². The van der Waals surface area contributed by atoms with Gasteiger partial charge in [-0.15, -0.1) is 0 Å². The molecule has 1 fully saturated rings. The maximum atomic E-state index is 11.7. The molecule has 2 rings (SSSR count). The molecular formula is C15H23N3O. The topological polar surface area (TPSA) is 58.4 Å². The van der Waals surface area contributed by atoms with Crippen molar-refractivity contribution in [1.29, 1.82) is 0 Å². The number of para-hydroxylation sites is 1. The first-order chi connectivity index (χ1) is 9.19. The largest absolute Gasteiger partial charge is 0.398 e. The van der Waals surface area contributed by atoms with Crippen LogP contribution in [0.4, 0.5) is 5.69 Å². The minimum absolute atomic E-state index is 0.169. The van der Waals surface area contributed by atoms with E-state index >= 15 is 0 Å². The lowest BCUT2D eigenvalue weighted by Crippen LogP contribution is -2.31. The van der Waals surface area contributed by atoms with E-state index in [-0.39, 0.29) is 5.91 Å². The van der Waals surface area contributed by atoms with Crippen LogP contribution in [0.25, 0.3) is 0 Å². The van der Waals surface area contributed by atoms with Crippen molar-refractivity contribution in [2.75, 3.05) is 18.8 Å². The van der Waals surface area contributed by atoms with E-state index < -0.39 is 0 Å². The molecule has 1 aliphatic rings. The highest BCUT2D eigenvalue weighted by Crippen LogP contribution is 2.18. The number of carbonyl (C=O) groups is 1. The molecule has 0 aliphatic heterocycles. The Morgan fingerprint density at radius 1 is 1.42 bits per heavy atom. The molecule has 4 nitrogen and oxygen atoms in total. The average Bonchev–Trinajstić information content (AvgIpc) is 3.20. The van der Waals surface area contributed by atoms with Crippen LogP contribution >= 0.6 is 0 Å². The molecule has 0 atom stereocenters. The Hall–Kier alpha value is -1.55. The van der Waals surface area contributed by atoms with Crippen LogP contribution in [0.15, 0.2) is 24.3 Å². The molecule has 1 amide bonds. The highest BCUT2D eigenvalue weighted by atomic mass is 16.1. The van der Waals surface area contributed by atoms with Gasteiger partial charge in [-0.1, -0.05) is 25.1 Å². The Morgan fingerprint density at radius 3 is 2.79 bits per heavy atom. The van der Waals surface area contributed by atoms with Crippen molar-refractivity contribution >= 4 is 11.6 Å². The van der Waals surface area contributed by atoms with Gasteiger partial charge in [0.25, 0.3) is 0 Å². The van der Waals surface area contributed by atoms with E-state index in [0.717, 1.165) is 43.7 Å². The fraction of sp³-hybridized carbons (Fsp3) is 0.533. The zero-order chi connectivity index (χ0) is 13.7. The number of amides is 1. The van der Waals surface area contributed by atoms with E-state index in [0.29, 0.717) is 12.5 Å². The number of carbonyl (C=O) groups excluding carboxylic acids is 1. The molecule has 1 aliphatic carbocycles. The predicted octanol–water partition coefficient (Wildman–Crippen LogP) is 1.76. The van der Waals surface area contributed by atoms with E-state index in [1.807, 2.05) is 24.3 Å². The Kier molecular flexibility index (Phi) is 4.80. The number of nitrogens with two attached hydrogens (primary N) is 1. The minimum Gasteiger partial charge on any atom is -0.398 e. The quantitative estimate of drug-likeness (QED) is 0.735. The normalized spacial score (nSPS) is 14.6. The molecule has 3 N–H and O–H groups in total. The molecule has 0 radical (unpaired) electrons. The van der Waals surface area contributed by atoms with Crippen LogP contribution in [0.2, 0.25) is 0 Å². The zero-order valence-electron chi connectivity index (χ0n) is 11.6. The summed E-state index contributed by atoms with van der Waals surface area (Å²) in [6.45, 7) is 4.62. The minimum atomic E-state index is 0.169. The van der Waals surface area contributed by atoms with Crippen LogP contribution in [0.1, 0.15) is 31.7 Å². The average molecular weight is 261 g/mol. The Morgan fingerprint density at radius 2 is 2.16 bits per heavy atom. The second kappa shape index (κ2) is 6.57. The van der Waals surface area contributed by atoms with Gasteiger partial charge in [0, 0.05) is 31.2 Å². The molecule has 0 saturated heterocycles. The molecule has 4 heteroatoms. The summed E-state index contributed by atoms with van der Waals surface area (Å²) in [6.07, 6.45) is 2.85. The zero-order valence-corrected chi connectivity index (χ0v) is 11.6. The summed E-state index contributed by atoms with van der Waals surface area (Å²) in [4.78, 5) is 13.9. The highest BCUT2D eigenvalue weighted by molar-refractivity contribution is 5.76. The third-order valence-electron chi connectivity index (χ3n) is 3.49. The molecule has 0 spiro atoms. The van der Waals surface area contributed by atoms with Crippen molar-refractivity contribution in [1.82, 2.24) is 10.2 Å². The number of nitrogens with zero attached hydrogens (tertiary/aromatic N) is 1. The molecule has 19 heavy (non-hydrogen) atoms. The standard InChI is InChI=1S/C15H23N3O/c1-2-18(10-9-15(19)17-13-7-8-13)11-12-5-3-4-6-14(12)16/h3-6,13H,2,7-11,16H2,1H3,(H,17,19). The van der Waals surface area contributed by atoms with Crippen molar-refractivity contribution in [2.45, 2.75) is 38.8 Å². The van der Waals surface area contributed by atoms with Crippen LogP contribution < -0.4 is 11.1 Å². The van der Waals surface area contributed by atoms with E-state index in [9.17, 15) is 4.79 Å². The number of nitrogens with one attached hydrogen (secondary N) is 1. The summed E-state index contributed by atoms with van der Waals surface area (Å²) in [5.41, 5.74) is 7.90. The third kappa shape index (κ3) is 4.56. The van der Waals surface area contributed by atoms with Crippen LogP contribution in [-0.4, -0.2) is 29.9 Å². The van der Waals surface area contributed by atoms with E-state index in [4.69, 9.17) is 5.73 Å². The number of hydrogen-bond acceptors (Lipinski definition) is 3. The lowest BCUT2D eigenvalue weighted by Gasteiger charge is -2.21. The predicted molar refractivity (Wildman–Crippen MR) is 77.6 cm³/mol. The molecular weight excluding hydrogens is 238 g/mol. The van der Waals surface area contributed by atoms with Gasteiger partial charge in [-0.3, -0.25) is 9.69 Å². The van der Waals surface area contributed by atoms with Gasteiger partial charge in [0.05, 0.1) is 0 Å². The van der Waals surface area contributed by atoms with Gasteiger partial charge >= 0.3 is 0 Å². The van der Waals surface area contributed by atoms with Crippen LogP contribution in [0.5, 0.6) is 0 Å². The molecule has 1 aromatic carbocycles. The van der Waals surface area contributed by atoms with Gasteiger partial charge in [-0.2, -0.15) is 0 Å². The third-order valence-corrected chi connectivity index (χ3v) is 3.49. The van der Waals surface area contributed by atoms with Gasteiger partial charge in [-0.05, 0) is 31.0 Å². The first-order valence-electron chi connectivity index (χ1n) is 7.04. The first kappa shape index (κ1) is 13.9. The van der Waals surface area contributed by atoms with Gasteiger partial charge in [0.2, 0.25) is 5.91 Å². The Labute approximate surface area is 115 Å². The van der Waals surface area contributed by atoms with Crippen molar-refractivity contribution in [3.05, 3.63) is 29.8 Å². The van der Waals surface area contributed by atoms with E-state index in [2.05, 4.69) is 17.1 Å². The Balaban J connectivity index is 1.79. The van der Waals surface area contributed by atoms with Crippen LogP contribution in [0, 0.1) is 0 Å². The lowest BCUT2D eigenvalue weighted by atomic mass is 10.1. The van der Waals surface area contributed by atoms with E-state index in [1.165, 1.54) is 0 Å². The number of anilines is 1. The first-order valence-corrected chi connectivity index (χ1v) is 7.04. The Bertz CT molecular complexity index is 429. The summed E-state index contributed by atoms with van der Waals surface area (Å²) in [5.74, 6) is 0.169. The van der Waals surface area contributed by atoms with E-state index in [1.54, 1.807) is 0 Å². The molecule has 1 saturated carbocycles. The molecule has 104 valence electrons. The second-order valence-corrected chi connectivity index (χ2v) is 5.16. The number of rotatable bonds is 7. The summed E-state index contributed by atoms with van der Waals surface area (Å²) in [7, 11) is 0. The van der Waals surface area contributed by atoms with Crippen molar-refractivity contribution in [2.24, 2.45) is 0 Å². The smallest absolute Gasteiger partial charge is 0.221 e. The summed E-state index contributed by atoms with van der Waals surface area (Å²) in [5, 5.41) is 3.02. The number of benzene rings is 1. The van der Waals surface area contributed by atoms with Crippen LogP contribution in [0.3, 0.4) is 0 Å². The molecule has 0 bridgehead atoms. The summed E-state index contributed by atoms with van der Waals surface area (Å²) in [6, 6.07) is 8.36. The SMILES string of the molecule is CCN(CCC(=O)NC1CC1)Cc1ccccc1N. The van der Waals surface area contributed by atoms with Crippen molar-refractivity contribution in [3.63, 3.8) is 0 Å². The van der Waals surface area contributed by atoms with Gasteiger partial charge < -0.3 is 11.1 Å². The van der Waals surface area contributed by atoms with Gasteiger partial charge in [0.1, 0.15) is 0 Å². The molecule has 0 aromatic heterocycles. The maximum Gasteiger partial charge on any atom is 0.221 e. The van der Waals surface area contributed by atoms with Gasteiger partial charge in [0.15, 0.2) is 0 Å². The maximum absolute atomic E-state index is 11.7. The summed E-state index contributed by atoms with van der Waals surface area (Å²) < 4.78 is 0. The molecule has 0 unspecified atom stereocenters. The fourth-order valence-corrected chi connectivity index (χ4v) is 2.06. The fourth-order valence-electron chi connectivity index (χ4n) is 2.06. The highest BCUT2D eigenvalue weighted by Gasteiger charge is 2.23. The molecule has 1 aromatic rings. The number of nitrogen functional groups attached to an aromatic ring is 1. The van der Waals surface area contributed by atoms with Crippen molar-refractivity contribution in [3.8, 4) is 0 Å². The lowest BCUT2D eigenvalue weighted by molar-refractivity contribution is -0.121. The summed E-state index contributed by atoms with van der Waals surface area (Å²) >= 11 is 0. The van der Waals surface area contributed by atoms with Crippen LogP contribution in [-0.2, 0) is 11.3 Å². The van der Waals surface area contributed by atoms with Gasteiger partial charge in [-0.25, -0.2) is 0 Å². The molecule has 0 heterocycles. The monoisotopic (exact) mass is 261 g/mol. The second-order valence-electron chi connectivity index (χ2n) is 5.16. The number of hydrogen-bond donors (Lipinski definition) is 2.